The van der Waals surface area contributed by atoms with Gasteiger partial charge >= 0.3 is 0 Å². The van der Waals surface area contributed by atoms with Gasteiger partial charge in [0.05, 0.1) is 10.6 Å². The van der Waals surface area contributed by atoms with Gasteiger partial charge < -0.3 is 10.2 Å². The highest BCUT2D eigenvalue weighted by molar-refractivity contribution is 9.10. The molecule has 0 spiro atoms. The van der Waals surface area contributed by atoms with Gasteiger partial charge in [-0.3, -0.25) is 9.59 Å². The maximum Gasteiger partial charge on any atom is 0.253 e. The van der Waals surface area contributed by atoms with Crippen LogP contribution in [0.4, 0.5) is 0 Å². The highest BCUT2D eigenvalue weighted by atomic mass is 79.9. The number of rotatable bonds is 2. The minimum absolute atomic E-state index is 0.0229. The van der Waals surface area contributed by atoms with Crippen molar-refractivity contribution in [3.8, 4) is 0 Å². The number of nitrogens with one attached hydrogen (secondary N) is 1. The summed E-state index contributed by atoms with van der Waals surface area (Å²) in [5, 5.41) is 3.33. The van der Waals surface area contributed by atoms with Gasteiger partial charge in [-0.25, -0.2) is 0 Å². The Hall–Kier alpha value is -1.07. The summed E-state index contributed by atoms with van der Waals surface area (Å²) < 4.78 is 0.804. The molecule has 4 nitrogen and oxygen atoms in total. The molecule has 1 unspecified atom stereocenters. The van der Waals surface area contributed by atoms with Crippen LogP contribution in [0, 0.1) is 0 Å². The Bertz CT molecular complexity index is 521. The molecular formula is C13H14BrClN2O2. The average molecular weight is 346 g/mol. The highest BCUT2D eigenvalue weighted by Crippen LogP contribution is 2.21. The number of nitrogens with zero attached hydrogens (tertiary/aromatic N) is 1. The third-order valence-electron chi connectivity index (χ3n) is 3.13. The fourth-order valence-electron chi connectivity index (χ4n) is 2.06. The summed E-state index contributed by atoms with van der Waals surface area (Å²) in [4.78, 5) is 25.2. The number of carbonyl (C=O) groups is 2. The third-order valence-corrected chi connectivity index (χ3v) is 3.96. The molecule has 1 heterocycles. The van der Waals surface area contributed by atoms with Crippen LogP contribution >= 0.6 is 27.5 Å². The maximum absolute atomic E-state index is 12.2. The summed E-state index contributed by atoms with van der Waals surface area (Å²) in [6.07, 6.45) is 1.13. The van der Waals surface area contributed by atoms with E-state index >= 15 is 0 Å². The second-order valence-corrected chi connectivity index (χ2v) is 5.93. The van der Waals surface area contributed by atoms with Crippen molar-refractivity contribution < 1.29 is 9.59 Å². The first-order valence-electron chi connectivity index (χ1n) is 5.97. The van der Waals surface area contributed by atoms with E-state index in [0.717, 1.165) is 4.47 Å². The van der Waals surface area contributed by atoms with E-state index in [2.05, 4.69) is 21.2 Å². The lowest BCUT2D eigenvalue weighted by Crippen LogP contribution is -2.48. The highest BCUT2D eigenvalue weighted by Gasteiger charge is 2.24. The van der Waals surface area contributed by atoms with E-state index in [1.807, 2.05) is 0 Å². The Kier molecular flexibility index (Phi) is 4.47. The van der Waals surface area contributed by atoms with Gasteiger partial charge in [-0.15, -0.1) is 0 Å². The Balaban J connectivity index is 2.05. The zero-order valence-corrected chi connectivity index (χ0v) is 12.8. The van der Waals surface area contributed by atoms with Crippen molar-refractivity contribution in [2.24, 2.45) is 0 Å². The lowest BCUT2D eigenvalue weighted by molar-refractivity contribution is -0.132. The largest absolute Gasteiger partial charge is 0.347 e. The number of hydrogen-bond acceptors (Lipinski definition) is 2. The number of benzene rings is 1. The number of halogens is 2. The topological polar surface area (TPSA) is 49.4 Å². The fraction of sp³-hybridized carbons (Fsp3) is 0.385. The first-order valence-corrected chi connectivity index (χ1v) is 7.14. The Morgan fingerprint density at radius 3 is 2.95 bits per heavy atom. The van der Waals surface area contributed by atoms with Crippen LogP contribution in [-0.4, -0.2) is 36.3 Å². The van der Waals surface area contributed by atoms with Crippen molar-refractivity contribution in [3.05, 3.63) is 33.3 Å². The number of piperidine rings is 1. The molecule has 19 heavy (non-hydrogen) atoms. The molecule has 0 aromatic heterocycles. The molecule has 0 saturated carbocycles. The Morgan fingerprint density at radius 2 is 2.26 bits per heavy atom. The number of hydrogen-bond donors (Lipinski definition) is 1. The summed E-state index contributed by atoms with van der Waals surface area (Å²) >= 11 is 9.33. The predicted molar refractivity (Wildman–Crippen MR) is 77.3 cm³/mol. The average Bonchev–Trinajstić information content (AvgIpc) is 2.36. The summed E-state index contributed by atoms with van der Waals surface area (Å²) in [6, 6.07) is 5.13. The molecule has 0 aliphatic carbocycles. The number of carbonyl (C=O) groups excluding carboxylic acids is 2. The molecule has 1 N–H and O–H groups in total. The molecule has 1 aliphatic rings. The van der Waals surface area contributed by atoms with E-state index in [1.165, 1.54) is 0 Å². The number of amides is 2. The lowest BCUT2D eigenvalue weighted by atomic mass is 10.1. The normalized spacial score (nSPS) is 19.4. The van der Waals surface area contributed by atoms with Crippen LogP contribution in [0.3, 0.4) is 0 Å². The van der Waals surface area contributed by atoms with E-state index in [9.17, 15) is 9.59 Å². The molecule has 1 aliphatic heterocycles. The van der Waals surface area contributed by atoms with Crippen LogP contribution in [0.5, 0.6) is 0 Å². The van der Waals surface area contributed by atoms with E-state index in [-0.39, 0.29) is 17.9 Å². The van der Waals surface area contributed by atoms with Crippen LogP contribution in [0.25, 0.3) is 0 Å². The van der Waals surface area contributed by atoms with E-state index in [4.69, 9.17) is 11.6 Å². The van der Waals surface area contributed by atoms with Crippen LogP contribution in [0.1, 0.15) is 23.2 Å². The zero-order chi connectivity index (χ0) is 14.0. The second kappa shape index (κ2) is 5.92. The summed E-state index contributed by atoms with van der Waals surface area (Å²) in [6.45, 7) is 0.538. The van der Waals surface area contributed by atoms with Crippen molar-refractivity contribution >= 4 is 39.3 Å². The maximum atomic E-state index is 12.2. The molecule has 1 saturated heterocycles. The fourth-order valence-corrected chi connectivity index (χ4v) is 2.63. The van der Waals surface area contributed by atoms with Crippen molar-refractivity contribution in [1.29, 1.82) is 0 Å². The van der Waals surface area contributed by atoms with Gasteiger partial charge in [0.25, 0.3) is 5.91 Å². The molecule has 1 aromatic carbocycles. The van der Waals surface area contributed by atoms with Gasteiger partial charge in [-0.2, -0.15) is 0 Å². The second-order valence-electron chi connectivity index (χ2n) is 4.61. The predicted octanol–water partition coefficient (Wildman–Crippen LogP) is 2.45. The Labute approximate surface area is 125 Å². The molecule has 1 fully saturated rings. The van der Waals surface area contributed by atoms with Crippen molar-refractivity contribution in [3.63, 3.8) is 0 Å². The van der Waals surface area contributed by atoms with Crippen LogP contribution in [0.15, 0.2) is 22.7 Å². The smallest absolute Gasteiger partial charge is 0.253 e. The van der Waals surface area contributed by atoms with Crippen LogP contribution in [-0.2, 0) is 4.79 Å². The summed E-state index contributed by atoms with van der Waals surface area (Å²) in [5.41, 5.74) is 0.440. The van der Waals surface area contributed by atoms with E-state index in [0.29, 0.717) is 30.0 Å². The molecule has 0 radical (unpaired) electrons. The summed E-state index contributed by atoms with van der Waals surface area (Å²) in [5.74, 6) is -0.0926. The van der Waals surface area contributed by atoms with Crippen molar-refractivity contribution in [2.75, 3.05) is 13.6 Å². The van der Waals surface area contributed by atoms with Gasteiger partial charge in [-0.05, 0) is 24.6 Å². The van der Waals surface area contributed by atoms with Gasteiger partial charge in [0.2, 0.25) is 5.91 Å². The first kappa shape index (κ1) is 14.3. The minimum Gasteiger partial charge on any atom is -0.347 e. The summed E-state index contributed by atoms with van der Waals surface area (Å²) in [7, 11) is 1.74. The minimum atomic E-state index is -0.209. The third kappa shape index (κ3) is 3.48. The molecule has 102 valence electrons. The van der Waals surface area contributed by atoms with Crippen molar-refractivity contribution in [2.45, 2.75) is 18.9 Å². The number of likely N-dealkylation sites (tertiary alicyclic amines) is 1. The van der Waals surface area contributed by atoms with Gasteiger partial charge in [0, 0.05) is 30.5 Å². The van der Waals surface area contributed by atoms with Gasteiger partial charge in [-0.1, -0.05) is 27.5 Å². The standard InChI is InChI=1S/C13H14BrClN2O2/c1-17-7-9(3-5-12(17)18)16-13(19)10-6-8(14)2-4-11(10)15/h2,4,6,9H,3,5,7H2,1H3,(H,16,19). The molecule has 1 atom stereocenters. The quantitative estimate of drug-likeness (QED) is 0.895. The molecule has 6 heteroatoms. The zero-order valence-electron chi connectivity index (χ0n) is 10.5. The molecule has 1 aromatic rings. The molecular weight excluding hydrogens is 332 g/mol. The van der Waals surface area contributed by atoms with Crippen molar-refractivity contribution in [1.82, 2.24) is 10.2 Å². The first-order chi connectivity index (χ1) is 8.97. The van der Waals surface area contributed by atoms with Crippen LogP contribution in [0.2, 0.25) is 5.02 Å². The number of likely N-dealkylation sites (N-methyl/N-ethyl adjacent to an activating group) is 1. The SMILES string of the molecule is CN1CC(NC(=O)c2cc(Br)ccc2Cl)CCC1=O. The lowest BCUT2D eigenvalue weighted by Gasteiger charge is -2.30. The Morgan fingerprint density at radius 1 is 1.53 bits per heavy atom. The molecule has 2 amide bonds. The molecule has 2 rings (SSSR count). The monoisotopic (exact) mass is 344 g/mol. The molecule has 0 bridgehead atoms. The van der Waals surface area contributed by atoms with Gasteiger partial charge in [0.15, 0.2) is 0 Å². The van der Waals surface area contributed by atoms with Crippen LogP contribution < -0.4 is 5.32 Å². The van der Waals surface area contributed by atoms with Gasteiger partial charge in [0.1, 0.15) is 0 Å². The van der Waals surface area contributed by atoms with E-state index in [1.54, 1.807) is 30.1 Å². The van der Waals surface area contributed by atoms with E-state index < -0.39 is 0 Å².